The van der Waals surface area contributed by atoms with E-state index in [1.54, 1.807) is 0 Å². The summed E-state index contributed by atoms with van der Waals surface area (Å²) in [5, 5.41) is 10.0. The molecule has 0 aliphatic carbocycles. The van der Waals surface area contributed by atoms with E-state index >= 15 is 0 Å². The van der Waals surface area contributed by atoms with Crippen LogP contribution in [0.25, 0.3) is 0 Å². The zero-order chi connectivity index (χ0) is 36.3. The molecule has 0 saturated carbocycles. The maximum atomic E-state index is 12.0. The predicted octanol–water partition coefficient (Wildman–Crippen LogP) is 11.6. The fourth-order valence-corrected chi connectivity index (χ4v) is 5.69. The van der Waals surface area contributed by atoms with Crippen LogP contribution in [-0.4, -0.2) is 48.6 Å². The number of hydrogen-bond acceptors (Lipinski definition) is 6. The van der Waals surface area contributed by atoms with Crippen LogP contribution in [0.15, 0.2) is 60.8 Å². The lowest BCUT2D eigenvalue weighted by Crippen LogP contribution is -2.25. The van der Waals surface area contributed by atoms with Crippen LogP contribution in [0.4, 0.5) is 0 Å². The molecular formula is C44H74O6. The Morgan fingerprint density at radius 1 is 0.580 bits per heavy atom. The van der Waals surface area contributed by atoms with Gasteiger partial charge in [0.05, 0.1) is 12.2 Å². The van der Waals surface area contributed by atoms with Crippen molar-refractivity contribution in [1.29, 1.82) is 0 Å². The van der Waals surface area contributed by atoms with Gasteiger partial charge in [-0.1, -0.05) is 165 Å². The summed E-state index contributed by atoms with van der Waals surface area (Å²) in [7, 11) is 0. The molecule has 1 heterocycles. The third kappa shape index (κ3) is 31.5. The summed E-state index contributed by atoms with van der Waals surface area (Å²) in [5.41, 5.74) is 0. The Hall–Kier alpha value is -2.44. The smallest absolute Gasteiger partial charge is 0.306 e. The number of unbranched alkanes of at least 4 members (excludes halogenated alkanes) is 12. The molecule has 50 heavy (non-hydrogen) atoms. The number of esters is 2. The first-order valence-corrected chi connectivity index (χ1v) is 20.3. The zero-order valence-electron chi connectivity index (χ0n) is 32.2. The van der Waals surface area contributed by atoms with Gasteiger partial charge in [-0.25, -0.2) is 0 Å². The van der Waals surface area contributed by atoms with Crippen molar-refractivity contribution in [3.8, 4) is 0 Å². The van der Waals surface area contributed by atoms with Gasteiger partial charge in [0.15, 0.2) is 0 Å². The van der Waals surface area contributed by atoms with Gasteiger partial charge in [0.25, 0.3) is 0 Å². The second kappa shape index (κ2) is 33.7. The lowest BCUT2D eigenvalue weighted by atomic mass is 10.0. The van der Waals surface area contributed by atoms with E-state index in [0.29, 0.717) is 25.0 Å². The largest absolute Gasteiger partial charge is 0.463 e. The fourth-order valence-electron chi connectivity index (χ4n) is 5.69. The van der Waals surface area contributed by atoms with E-state index in [1.807, 2.05) is 12.2 Å². The number of ether oxygens (including phenoxy) is 3. The van der Waals surface area contributed by atoms with Gasteiger partial charge in [-0.05, 0) is 57.3 Å². The number of hydrogen-bond donors (Lipinski definition) is 1. The summed E-state index contributed by atoms with van der Waals surface area (Å²) in [6, 6.07) is 0. The highest BCUT2D eigenvalue weighted by atomic mass is 16.6. The molecule has 0 spiro atoms. The van der Waals surface area contributed by atoms with Gasteiger partial charge in [-0.3, -0.25) is 9.59 Å². The van der Waals surface area contributed by atoms with Gasteiger partial charge in [-0.15, -0.1) is 0 Å². The lowest BCUT2D eigenvalue weighted by molar-refractivity contribution is -0.152. The van der Waals surface area contributed by atoms with Crippen LogP contribution in [0.1, 0.15) is 168 Å². The van der Waals surface area contributed by atoms with E-state index in [9.17, 15) is 14.7 Å². The lowest BCUT2D eigenvalue weighted by Gasteiger charge is -2.12. The molecule has 0 aromatic carbocycles. The van der Waals surface area contributed by atoms with Crippen molar-refractivity contribution in [2.45, 2.75) is 187 Å². The first kappa shape index (κ1) is 45.6. The molecule has 0 radical (unpaired) electrons. The van der Waals surface area contributed by atoms with E-state index in [4.69, 9.17) is 14.2 Å². The summed E-state index contributed by atoms with van der Waals surface area (Å²) in [5.74, 6) is 0.177. The van der Waals surface area contributed by atoms with Crippen molar-refractivity contribution in [3.63, 3.8) is 0 Å². The minimum Gasteiger partial charge on any atom is -0.463 e. The summed E-state index contributed by atoms with van der Waals surface area (Å²) < 4.78 is 16.0. The molecule has 0 bridgehead atoms. The fraction of sp³-hybridized carbons (Fsp3) is 0.727. The molecule has 0 aromatic heterocycles. The summed E-state index contributed by atoms with van der Waals surface area (Å²) in [6.07, 6.45) is 46.1. The second-order valence-corrected chi connectivity index (χ2v) is 14.2. The quantitative estimate of drug-likeness (QED) is 0.0312. The third-order valence-electron chi connectivity index (χ3n) is 8.86. The van der Waals surface area contributed by atoms with Crippen molar-refractivity contribution < 1.29 is 28.9 Å². The van der Waals surface area contributed by atoms with Gasteiger partial charge >= 0.3 is 11.9 Å². The number of carbonyl (C=O) groups is 2. The first-order valence-electron chi connectivity index (χ1n) is 20.3. The van der Waals surface area contributed by atoms with Crippen molar-refractivity contribution in [1.82, 2.24) is 0 Å². The topological polar surface area (TPSA) is 85.4 Å². The molecule has 1 N–H and O–H groups in total. The van der Waals surface area contributed by atoms with Gasteiger partial charge in [-0.2, -0.15) is 0 Å². The van der Waals surface area contributed by atoms with E-state index in [1.165, 1.54) is 70.6 Å². The van der Waals surface area contributed by atoms with Crippen molar-refractivity contribution in [2.75, 3.05) is 13.2 Å². The van der Waals surface area contributed by atoms with Crippen LogP contribution in [-0.2, 0) is 23.8 Å². The Labute approximate surface area is 306 Å². The molecule has 6 heteroatoms. The number of rotatable bonds is 34. The number of allylic oxidation sites excluding steroid dienone is 8. The Balaban J connectivity index is 1.87. The van der Waals surface area contributed by atoms with E-state index in [-0.39, 0.29) is 31.6 Å². The van der Waals surface area contributed by atoms with Gasteiger partial charge in [0, 0.05) is 12.8 Å². The Morgan fingerprint density at radius 2 is 1.00 bits per heavy atom. The van der Waals surface area contributed by atoms with Gasteiger partial charge in [0.1, 0.15) is 19.3 Å². The van der Waals surface area contributed by atoms with Crippen LogP contribution in [0.2, 0.25) is 0 Å². The molecule has 1 saturated heterocycles. The minimum atomic E-state index is -0.999. The highest BCUT2D eigenvalue weighted by Crippen LogP contribution is 2.29. The van der Waals surface area contributed by atoms with Gasteiger partial charge < -0.3 is 19.3 Å². The Morgan fingerprint density at radius 3 is 1.50 bits per heavy atom. The minimum absolute atomic E-state index is 0.143. The first-order chi connectivity index (χ1) is 24.4. The third-order valence-corrected chi connectivity index (χ3v) is 8.86. The number of aliphatic hydroxyl groups is 1. The van der Waals surface area contributed by atoms with Crippen molar-refractivity contribution >= 4 is 11.9 Å². The van der Waals surface area contributed by atoms with Crippen LogP contribution in [0.5, 0.6) is 0 Å². The average Bonchev–Trinajstić information content (AvgIpc) is 3.85. The molecule has 0 amide bonds. The van der Waals surface area contributed by atoms with E-state index < -0.39 is 6.10 Å². The molecular weight excluding hydrogens is 624 g/mol. The van der Waals surface area contributed by atoms with Crippen LogP contribution >= 0.6 is 0 Å². The summed E-state index contributed by atoms with van der Waals surface area (Å²) in [4.78, 5) is 23.9. The van der Waals surface area contributed by atoms with Crippen molar-refractivity contribution in [3.05, 3.63) is 60.8 Å². The second-order valence-electron chi connectivity index (χ2n) is 14.2. The molecule has 1 rings (SSSR count). The van der Waals surface area contributed by atoms with Gasteiger partial charge in [0.2, 0.25) is 0 Å². The highest BCUT2D eigenvalue weighted by molar-refractivity contribution is 5.70. The SMILES string of the molecule is CC/C=C\CC1OC1C/C=C\C/C=C\C/C=C\C/C=C\CCC(=O)OC[C@@H](O)COC(=O)CCCCCCCCCCCCCCCC(C)C. The predicted molar refractivity (Wildman–Crippen MR) is 209 cm³/mol. The maximum Gasteiger partial charge on any atom is 0.306 e. The monoisotopic (exact) mass is 699 g/mol. The van der Waals surface area contributed by atoms with E-state index in [0.717, 1.165) is 63.7 Å². The molecule has 3 atom stereocenters. The van der Waals surface area contributed by atoms with Crippen LogP contribution < -0.4 is 0 Å². The molecule has 2 unspecified atom stereocenters. The Bertz CT molecular complexity index is 962. The normalized spacial score (nSPS) is 17.0. The van der Waals surface area contributed by atoms with E-state index in [2.05, 4.69) is 69.4 Å². The molecule has 0 aromatic rings. The van der Waals surface area contributed by atoms with Crippen LogP contribution in [0, 0.1) is 5.92 Å². The molecule has 1 aliphatic heterocycles. The van der Waals surface area contributed by atoms with Crippen LogP contribution in [0.3, 0.4) is 0 Å². The zero-order valence-corrected chi connectivity index (χ0v) is 32.2. The highest BCUT2D eigenvalue weighted by Gasteiger charge is 2.35. The number of epoxide rings is 1. The number of carbonyl (C=O) groups excluding carboxylic acids is 2. The molecule has 1 aliphatic rings. The summed E-state index contributed by atoms with van der Waals surface area (Å²) in [6.45, 7) is 6.46. The molecule has 286 valence electrons. The summed E-state index contributed by atoms with van der Waals surface area (Å²) >= 11 is 0. The average molecular weight is 699 g/mol. The maximum absolute atomic E-state index is 12.0. The number of aliphatic hydroxyl groups excluding tert-OH is 1. The van der Waals surface area contributed by atoms with Crippen molar-refractivity contribution in [2.24, 2.45) is 5.92 Å². The molecule has 1 fully saturated rings. The Kier molecular flexibility index (Phi) is 30.7. The standard InChI is InChI=1S/C44H74O6/c1-4-5-27-33-41-42(50-41)34-29-24-20-16-12-9-10-14-18-22-26-31-36-44(47)49-38-40(45)37-48-43(46)35-30-25-21-17-13-8-6-7-11-15-19-23-28-32-39(2)3/h5,10,12,14,16,22,24,26-27,29,39-42,45H,4,6-9,11,13,15,17-21,23,25,28,30-38H2,1-3H3/b14-10-,16-12-,26-22-,27-5-,29-24-/t40-,41?,42?/m0/s1. The molecule has 6 nitrogen and oxygen atoms in total.